The summed E-state index contributed by atoms with van der Waals surface area (Å²) >= 11 is 0. The second kappa shape index (κ2) is 11.2. The number of ether oxygens (including phenoxy) is 2. The van der Waals surface area contributed by atoms with Crippen LogP contribution in [0.3, 0.4) is 0 Å². The maximum absolute atomic E-state index is 10.7. The average Bonchev–Trinajstić information content (AvgIpc) is 3.33. The lowest BCUT2D eigenvalue weighted by atomic mass is 9.98. The highest BCUT2D eigenvalue weighted by atomic mass is 16.5. The van der Waals surface area contributed by atoms with Crippen LogP contribution in [0.15, 0.2) is 77.2 Å². The molecule has 1 fully saturated rings. The molecule has 0 aliphatic carbocycles. The third-order valence-corrected chi connectivity index (χ3v) is 6.50. The van der Waals surface area contributed by atoms with Crippen LogP contribution in [0.1, 0.15) is 16.7 Å². The smallest absolute Gasteiger partial charge is 0.212 e. The van der Waals surface area contributed by atoms with Gasteiger partial charge in [0.15, 0.2) is 11.5 Å². The molecule has 0 unspecified atom stereocenters. The first-order chi connectivity index (χ1) is 18.2. The largest absolute Gasteiger partial charge is 0.504 e. The van der Waals surface area contributed by atoms with E-state index in [2.05, 4.69) is 16.3 Å². The summed E-state index contributed by atoms with van der Waals surface area (Å²) in [5.74, 6) is 1.60. The summed E-state index contributed by atoms with van der Waals surface area (Å²) < 4.78 is 17.2. The first kappa shape index (κ1) is 24.4. The lowest BCUT2D eigenvalue weighted by molar-refractivity contribution is 0.0338. The van der Waals surface area contributed by atoms with Crippen molar-refractivity contribution in [3.63, 3.8) is 0 Å². The topological polar surface area (TPSA) is 90.9 Å². The zero-order valence-corrected chi connectivity index (χ0v) is 20.7. The van der Waals surface area contributed by atoms with E-state index in [0.29, 0.717) is 49.3 Å². The summed E-state index contributed by atoms with van der Waals surface area (Å²) in [5, 5.41) is 24.2. The highest BCUT2D eigenvalue weighted by Crippen LogP contribution is 2.41. The molecule has 0 radical (unpaired) electrons. The van der Waals surface area contributed by atoms with E-state index >= 15 is 0 Å². The van der Waals surface area contributed by atoms with Crippen molar-refractivity contribution in [1.82, 2.24) is 4.90 Å². The Morgan fingerprint density at radius 2 is 1.68 bits per heavy atom. The molecule has 0 atom stereocenters. The number of morpholine rings is 1. The van der Waals surface area contributed by atoms with Crippen LogP contribution >= 0.6 is 0 Å². The molecule has 4 aromatic rings. The first-order valence-corrected chi connectivity index (χ1v) is 12.3. The van der Waals surface area contributed by atoms with Crippen molar-refractivity contribution in [3.05, 3.63) is 89.5 Å². The number of hydrogen-bond acceptors (Lipinski definition) is 7. The molecular formula is C30H29N3O4. The van der Waals surface area contributed by atoms with E-state index in [-0.39, 0.29) is 5.75 Å². The number of rotatable bonds is 8. The van der Waals surface area contributed by atoms with Gasteiger partial charge in [-0.1, -0.05) is 60.7 Å². The molecule has 1 saturated heterocycles. The molecule has 1 aromatic heterocycles. The van der Waals surface area contributed by atoms with E-state index in [9.17, 15) is 10.4 Å². The molecule has 2 heterocycles. The van der Waals surface area contributed by atoms with Crippen LogP contribution in [0, 0.1) is 11.3 Å². The summed E-state index contributed by atoms with van der Waals surface area (Å²) in [5.41, 5.74) is 4.70. The fraction of sp³-hybridized carbons (Fsp3) is 0.233. The third-order valence-electron chi connectivity index (χ3n) is 6.50. The molecule has 1 aliphatic rings. The van der Waals surface area contributed by atoms with Crippen molar-refractivity contribution in [2.75, 3.05) is 38.7 Å². The minimum Gasteiger partial charge on any atom is -0.504 e. The standard InChI is InChI=1S/C30H29N3O4/c1-35-26-17-21(16-24(28(26)34)20-33-12-14-36-15-13-33)19-32-30-25(18-31)27(22-8-4-2-5-9-22)29(37-30)23-10-6-3-7-11-23/h2-11,16-17,32,34H,12-15,19-20H2,1H3. The molecule has 3 aromatic carbocycles. The van der Waals surface area contributed by atoms with Gasteiger partial charge in [0, 0.05) is 42.9 Å². The number of hydrogen-bond donors (Lipinski definition) is 2. The number of furan rings is 1. The van der Waals surface area contributed by atoms with Gasteiger partial charge in [-0.2, -0.15) is 5.26 Å². The van der Waals surface area contributed by atoms with Crippen LogP contribution in [-0.2, 0) is 17.8 Å². The van der Waals surface area contributed by atoms with E-state index < -0.39 is 0 Å². The van der Waals surface area contributed by atoms with Crippen LogP contribution in [0.25, 0.3) is 22.5 Å². The summed E-state index contributed by atoms with van der Waals surface area (Å²) in [6.07, 6.45) is 0. The number of phenols is 1. The molecule has 1 aliphatic heterocycles. The molecule has 7 nitrogen and oxygen atoms in total. The molecule has 188 valence electrons. The van der Waals surface area contributed by atoms with Crippen molar-refractivity contribution < 1.29 is 19.0 Å². The predicted molar refractivity (Wildman–Crippen MR) is 142 cm³/mol. The molecule has 0 bridgehead atoms. The third kappa shape index (κ3) is 5.31. The van der Waals surface area contributed by atoms with Gasteiger partial charge in [0.25, 0.3) is 0 Å². The summed E-state index contributed by atoms with van der Waals surface area (Å²) in [7, 11) is 1.55. The minimum atomic E-state index is 0.145. The predicted octanol–water partition coefficient (Wildman–Crippen LogP) is 5.64. The second-order valence-corrected chi connectivity index (χ2v) is 8.90. The van der Waals surface area contributed by atoms with Crippen LogP contribution < -0.4 is 10.1 Å². The maximum atomic E-state index is 10.7. The van der Waals surface area contributed by atoms with Crippen LogP contribution in [-0.4, -0.2) is 43.4 Å². The van der Waals surface area contributed by atoms with Crippen molar-refractivity contribution in [2.45, 2.75) is 13.1 Å². The fourth-order valence-electron chi connectivity index (χ4n) is 4.62. The number of phenolic OH excluding ortho intramolecular Hbond substituents is 1. The van der Waals surface area contributed by atoms with Crippen LogP contribution in [0.2, 0.25) is 0 Å². The quantitative estimate of drug-likeness (QED) is 0.327. The van der Waals surface area contributed by atoms with Gasteiger partial charge in [0.05, 0.1) is 20.3 Å². The van der Waals surface area contributed by atoms with Crippen molar-refractivity contribution >= 4 is 5.88 Å². The Balaban J connectivity index is 1.47. The number of methoxy groups -OCH3 is 1. The molecule has 37 heavy (non-hydrogen) atoms. The SMILES string of the molecule is COc1cc(CNc2oc(-c3ccccc3)c(-c3ccccc3)c2C#N)cc(CN2CCOCC2)c1O. The van der Waals surface area contributed by atoms with Gasteiger partial charge in [-0.25, -0.2) is 0 Å². The van der Waals surface area contributed by atoms with Gasteiger partial charge in [0.1, 0.15) is 17.4 Å². The number of nitriles is 1. The zero-order valence-electron chi connectivity index (χ0n) is 20.7. The molecule has 0 amide bonds. The Morgan fingerprint density at radius 1 is 1.00 bits per heavy atom. The number of nitrogens with one attached hydrogen (secondary N) is 1. The fourth-order valence-corrected chi connectivity index (χ4v) is 4.62. The highest BCUT2D eigenvalue weighted by Gasteiger charge is 2.23. The number of anilines is 1. The Bertz CT molecular complexity index is 1390. The number of benzene rings is 3. The Labute approximate surface area is 216 Å². The molecule has 0 spiro atoms. The highest BCUT2D eigenvalue weighted by molar-refractivity contribution is 5.88. The summed E-state index contributed by atoms with van der Waals surface area (Å²) in [4.78, 5) is 2.24. The number of nitrogens with zero attached hydrogens (tertiary/aromatic N) is 2. The van der Waals surface area contributed by atoms with Gasteiger partial charge in [-0.15, -0.1) is 0 Å². The second-order valence-electron chi connectivity index (χ2n) is 8.90. The van der Waals surface area contributed by atoms with Gasteiger partial charge < -0.3 is 24.3 Å². The Kier molecular flexibility index (Phi) is 7.41. The van der Waals surface area contributed by atoms with Crippen molar-refractivity contribution in [3.8, 4) is 40.0 Å². The van der Waals surface area contributed by atoms with E-state index in [1.165, 1.54) is 0 Å². The Hall–Kier alpha value is -4.25. The molecule has 2 N–H and O–H groups in total. The van der Waals surface area contributed by atoms with Crippen LogP contribution in [0.4, 0.5) is 5.88 Å². The van der Waals surface area contributed by atoms with E-state index in [1.54, 1.807) is 13.2 Å². The maximum Gasteiger partial charge on any atom is 0.212 e. The van der Waals surface area contributed by atoms with E-state index in [0.717, 1.165) is 40.9 Å². The molecule has 0 saturated carbocycles. The summed E-state index contributed by atoms with van der Waals surface area (Å²) in [6.45, 7) is 3.97. The van der Waals surface area contributed by atoms with Gasteiger partial charge in [0.2, 0.25) is 5.88 Å². The van der Waals surface area contributed by atoms with Gasteiger partial charge >= 0.3 is 0 Å². The monoisotopic (exact) mass is 495 g/mol. The lowest BCUT2D eigenvalue weighted by Crippen LogP contribution is -2.35. The first-order valence-electron chi connectivity index (χ1n) is 12.3. The van der Waals surface area contributed by atoms with Crippen LogP contribution in [0.5, 0.6) is 11.5 Å². The number of aromatic hydroxyl groups is 1. The van der Waals surface area contributed by atoms with E-state index in [4.69, 9.17) is 13.9 Å². The van der Waals surface area contributed by atoms with E-state index in [1.807, 2.05) is 66.7 Å². The van der Waals surface area contributed by atoms with Crippen molar-refractivity contribution in [2.24, 2.45) is 0 Å². The van der Waals surface area contributed by atoms with Crippen molar-refractivity contribution in [1.29, 1.82) is 5.26 Å². The van der Waals surface area contributed by atoms with Gasteiger partial charge in [-0.05, 0) is 23.3 Å². The van der Waals surface area contributed by atoms with Gasteiger partial charge in [-0.3, -0.25) is 4.90 Å². The Morgan fingerprint density at radius 3 is 2.32 bits per heavy atom. The molecular weight excluding hydrogens is 466 g/mol. The molecule has 5 rings (SSSR count). The average molecular weight is 496 g/mol. The summed E-state index contributed by atoms with van der Waals surface area (Å²) in [6, 6.07) is 25.7. The normalized spacial score (nSPS) is 13.7. The minimum absolute atomic E-state index is 0.145. The zero-order chi connectivity index (χ0) is 25.6. The molecule has 7 heteroatoms. The lowest BCUT2D eigenvalue weighted by Gasteiger charge is -2.27.